The normalized spacial score (nSPS) is 17.8. The molecule has 2 rings (SSSR count). The van der Waals surface area contributed by atoms with Gasteiger partial charge in [0.2, 0.25) is 5.82 Å². The number of likely N-dealkylation sites (N-methyl/N-ethyl adjacent to an activating group) is 1. The topological polar surface area (TPSA) is 72.3 Å². The summed E-state index contributed by atoms with van der Waals surface area (Å²) in [5.41, 5.74) is 6.14. The maximum Gasteiger partial charge on any atom is 0.392 e. The molecule has 0 amide bonds. The smallest absolute Gasteiger partial charge is 0.392 e. The van der Waals surface area contributed by atoms with E-state index in [1.54, 1.807) is 13.0 Å². The molecule has 1 aliphatic rings. The van der Waals surface area contributed by atoms with Gasteiger partial charge in [0.1, 0.15) is 0 Å². The van der Waals surface area contributed by atoms with Gasteiger partial charge >= 0.3 is 5.95 Å². The van der Waals surface area contributed by atoms with Gasteiger partial charge in [0.15, 0.2) is 0 Å². The van der Waals surface area contributed by atoms with Gasteiger partial charge in [-0.15, -0.1) is 0 Å². The number of aryl methyl sites for hydroxylation is 1. The fraction of sp³-hybridized carbons (Fsp3) is 0.600. The molecule has 0 unspecified atom stereocenters. The van der Waals surface area contributed by atoms with Crippen molar-refractivity contribution in [2.75, 3.05) is 43.9 Å². The Kier molecular flexibility index (Phi) is 2.82. The van der Waals surface area contributed by atoms with Crippen LogP contribution in [0.25, 0.3) is 0 Å². The van der Waals surface area contributed by atoms with E-state index in [1.165, 1.54) is 0 Å². The Labute approximate surface area is 94.9 Å². The summed E-state index contributed by atoms with van der Waals surface area (Å²) in [6.45, 7) is 5.60. The van der Waals surface area contributed by atoms with Gasteiger partial charge in [-0.05, 0) is 14.0 Å². The van der Waals surface area contributed by atoms with Crippen LogP contribution in [-0.4, -0.2) is 43.1 Å². The first-order chi connectivity index (χ1) is 7.58. The van der Waals surface area contributed by atoms with Gasteiger partial charge in [-0.3, -0.25) is 5.73 Å². The first kappa shape index (κ1) is 10.9. The monoisotopic (exact) mass is 223 g/mol. The Hall–Kier alpha value is -1.56. The third-order valence-corrected chi connectivity index (χ3v) is 2.92. The highest BCUT2D eigenvalue weighted by molar-refractivity contribution is 5.41. The molecular formula is C10H17N5O. The summed E-state index contributed by atoms with van der Waals surface area (Å²) in [6.07, 6.45) is 0. The van der Waals surface area contributed by atoms with Crippen LogP contribution in [0.5, 0.6) is 0 Å². The Morgan fingerprint density at radius 1 is 1.38 bits per heavy atom. The standard InChI is InChI=1S/C10H17N5O/c1-8-7-9(12-10(11)15(8)16)14-5-3-13(2)4-6-14/h7H,3-6H2,1-2H3,(H2,11,12). The SMILES string of the molecule is Cc1cc(N2CCN(C)CC2)nc(N)[n+]1[O-]. The molecule has 0 bridgehead atoms. The Morgan fingerprint density at radius 3 is 2.56 bits per heavy atom. The number of nitrogens with two attached hydrogens (primary N) is 1. The zero-order valence-corrected chi connectivity index (χ0v) is 9.68. The van der Waals surface area contributed by atoms with Gasteiger partial charge in [-0.25, -0.2) is 4.73 Å². The second-order valence-electron chi connectivity index (χ2n) is 4.20. The van der Waals surface area contributed by atoms with E-state index in [0.717, 1.165) is 32.0 Å². The molecule has 0 atom stereocenters. The summed E-state index contributed by atoms with van der Waals surface area (Å²) in [4.78, 5) is 8.54. The van der Waals surface area contributed by atoms with Crippen LogP contribution in [0.2, 0.25) is 0 Å². The van der Waals surface area contributed by atoms with Crippen LogP contribution in [0.15, 0.2) is 6.07 Å². The molecule has 2 N–H and O–H groups in total. The molecule has 88 valence electrons. The zero-order valence-electron chi connectivity index (χ0n) is 9.68. The Bertz CT molecular complexity index is 364. The van der Waals surface area contributed by atoms with Crippen molar-refractivity contribution in [2.45, 2.75) is 6.92 Å². The van der Waals surface area contributed by atoms with Crippen LogP contribution in [0.1, 0.15) is 5.69 Å². The van der Waals surface area contributed by atoms with Crippen LogP contribution < -0.4 is 15.4 Å². The molecule has 1 fully saturated rings. The van der Waals surface area contributed by atoms with Crippen LogP contribution in [0.4, 0.5) is 11.8 Å². The van der Waals surface area contributed by atoms with E-state index in [-0.39, 0.29) is 5.95 Å². The van der Waals surface area contributed by atoms with E-state index in [9.17, 15) is 5.21 Å². The lowest BCUT2D eigenvalue weighted by molar-refractivity contribution is -0.599. The average molecular weight is 223 g/mol. The van der Waals surface area contributed by atoms with Crippen molar-refractivity contribution in [1.82, 2.24) is 9.88 Å². The number of hydrogen-bond donors (Lipinski definition) is 1. The van der Waals surface area contributed by atoms with E-state index >= 15 is 0 Å². The van der Waals surface area contributed by atoms with Crippen molar-refractivity contribution in [3.05, 3.63) is 17.0 Å². The second kappa shape index (κ2) is 4.13. The molecule has 0 radical (unpaired) electrons. The van der Waals surface area contributed by atoms with Crippen molar-refractivity contribution in [3.63, 3.8) is 0 Å². The maximum atomic E-state index is 11.4. The van der Waals surface area contributed by atoms with Crippen LogP contribution in [-0.2, 0) is 0 Å². The highest BCUT2D eigenvalue weighted by Gasteiger charge is 2.19. The van der Waals surface area contributed by atoms with E-state index < -0.39 is 0 Å². The highest BCUT2D eigenvalue weighted by Crippen LogP contribution is 2.14. The molecule has 1 aromatic rings. The summed E-state index contributed by atoms with van der Waals surface area (Å²) >= 11 is 0. The van der Waals surface area contributed by atoms with Crippen molar-refractivity contribution >= 4 is 11.8 Å². The Balaban J connectivity index is 2.21. The van der Waals surface area contributed by atoms with Gasteiger partial charge in [0, 0.05) is 32.2 Å². The fourth-order valence-corrected chi connectivity index (χ4v) is 1.82. The third kappa shape index (κ3) is 2.01. The minimum atomic E-state index is 0.0222. The highest BCUT2D eigenvalue weighted by atomic mass is 16.5. The lowest BCUT2D eigenvalue weighted by Gasteiger charge is -2.32. The quantitative estimate of drug-likeness (QED) is 0.506. The summed E-state index contributed by atoms with van der Waals surface area (Å²) in [7, 11) is 2.10. The molecule has 0 aliphatic carbocycles. The molecule has 1 aliphatic heterocycles. The largest absolute Gasteiger partial charge is 0.740 e. The minimum Gasteiger partial charge on any atom is -0.740 e. The number of rotatable bonds is 1. The lowest BCUT2D eigenvalue weighted by atomic mass is 10.3. The van der Waals surface area contributed by atoms with Crippen molar-refractivity contribution in [1.29, 1.82) is 0 Å². The van der Waals surface area contributed by atoms with E-state index in [2.05, 4.69) is 21.8 Å². The molecule has 16 heavy (non-hydrogen) atoms. The summed E-state index contributed by atoms with van der Waals surface area (Å²) in [5, 5.41) is 11.4. The summed E-state index contributed by atoms with van der Waals surface area (Å²) < 4.78 is 0.652. The number of piperazine rings is 1. The van der Waals surface area contributed by atoms with E-state index in [4.69, 9.17) is 5.73 Å². The summed E-state index contributed by atoms with van der Waals surface area (Å²) in [5.74, 6) is 0.823. The maximum absolute atomic E-state index is 11.4. The molecule has 6 heteroatoms. The molecule has 0 aromatic carbocycles. The van der Waals surface area contributed by atoms with E-state index in [1.807, 2.05) is 0 Å². The molecule has 2 heterocycles. The molecule has 6 nitrogen and oxygen atoms in total. The van der Waals surface area contributed by atoms with Gasteiger partial charge in [0.05, 0.1) is 5.69 Å². The number of aromatic nitrogens is 2. The van der Waals surface area contributed by atoms with Crippen LogP contribution in [0, 0.1) is 12.1 Å². The van der Waals surface area contributed by atoms with Crippen molar-refractivity contribution in [3.8, 4) is 0 Å². The molecule has 1 aromatic heterocycles. The molecule has 1 saturated heterocycles. The van der Waals surface area contributed by atoms with Gasteiger partial charge in [-0.1, -0.05) is 4.98 Å². The molecule has 0 spiro atoms. The van der Waals surface area contributed by atoms with E-state index in [0.29, 0.717) is 10.4 Å². The number of nitrogen functional groups attached to an aromatic ring is 1. The first-order valence-electron chi connectivity index (χ1n) is 5.38. The third-order valence-electron chi connectivity index (χ3n) is 2.92. The van der Waals surface area contributed by atoms with Crippen LogP contribution in [0.3, 0.4) is 0 Å². The predicted octanol–water partition coefficient (Wildman–Crippen LogP) is -0.643. The van der Waals surface area contributed by atoms with Crippen LogP contribution >= 0.6 is 0 Å². The van der Waals surface area contributed by atoms with Crippen molar-refractivity contribution in [2.24, 2.45) is 0 Å². The number of nitrogens with zero attached hydrogens (tertiary/aromatic N) is 4. The van der Waals surface area contributed by atoms with Gasteiger partial charge < -0.3 is 15.0 Å². The minimum absolute atomic E-state index is 0.0222. The summed E-state index contributed by atoms with van der Waals surface area (Å²) in [6, 6.07) is 1.79. The number of anilines is 2. The number of hydrogen-bond acceptors (Lipinski definition) is 5. The first-order valence-corrected chi connectivity index (χ1v) is 5.38. The second-order valence-corrected chi connectivity index (χ2v) is 4.20. The Morgan fingerprint density at radius 2 is 2.00 bits per heavy atom. The predicted molar refractivity (Wildman–Crippen MR) is 62.1 cm³/mol. The molecule has 0 saturated carbocycles. The average Bonchev–Trinajstić information content (AvgIpc) is 2.26. The zero-order chi connectivity index (χ0) is 11.7. The fourth-order valence-electron chi connectivity index (χ4n) is 1.82. The van der Waals surface area contributed by atoms with Crippen molar-refractivity contribution < 1.29 is 4.73 Å². The van der Waals surface area contributed by atoms with Gasteiger partial charge in [-0.2, -0.15) is 0 Å². The molecular weight excluding hydrogens is 206 g/mol. The van der Waals surface area contributed by atoms with Gasteiger partial charge in [0.25, 0.3) is 0 Å². The lowest BCUT2D eigenvalue weighted by Crippen LogP contribution is -2.45.